The van der Waals surface area contributed by atoms with Crippen molar-refractivity contribution in [3.05, 3.63) is 52.2 Å². The Morgan fingerprint density at radius 1 is 1.22 bits per heavy atom. The van der Waals surface area contributed by atoms with Crippen molar-refractivity contribution < 1.29 is 9.59 Å². The second-order valence-electron chi connectivity index (χ2n) is 5.87. The lowest BCUT2D eigenvalue weighted by atomic mass is 10.1. The molecule has 1 aromatic carbocycles. The molecule has 0 unspecified atom stereocenters. The Morgan fingerprint density at radius 3 is 2.61 bits per heavy atom. The van der Waals surface area contributed by atoms with Crippen LogP contribution in [-0.2, 0) is 22.6 Å². The minimum Gasteiger partial charge on any atom is -0.341 e. The van der Waals surface area contributed by atoms with E-state index in [1.807, 2.05) is 47.7 Å². The van der Waals surface area contributed by atoms with Gasteiger partial charge in [0.1, 0.15) is 0 Å². The molecule has 4 nitrogen and oxygen atoms in total. The molecule has 0 radical (unpaired) electrons. The van der Waals surface area contributed by atoms with Crippen LogP contribution in [0.25, 0.3) is 0 Å². The van der Waals surface area contributed by atoms with Crippen molar-refractivity contribution >= 4 is 28.8 Å². The van der Waals surface area contributed by atoms with E-state index in [4.69, 9.17) is 0 Å². The standard InChI is InChI=1S/C18H20N2O2S/c1-19(12-15-8-10-23-13-15)18(22)11-14-4-6-16(7-5-14)20-9-2-3-17(20)21/h4-8,10,13H,2-3,9,11-12H2,1H3. The van der Waals surface area contributed by atoms with E-state index in [1.54, 1.807) is 16.2 Å². The summed E-state index contributed by atoms with van der Waals surface area (Å²) < 4.78 is 0. The number of hydrogen-bond donors (Lipinski definition) is 0. The predicted octanol–water partition coefficient (Wildman–Crippen LogP) is 3.08. The summed E-state index contributed by atoms with van der Waals surface area (Å²) in [6.07, 6.45) is 1.94. The molecule has 3 rings (SSSR count). The molecule has 2 aromatic rings. The summed E-state index contributed by atoms with van der Waals surface area (Å²) >= 11 is 1.64. The van der Waals surface area contributed by atoms with Crippen molar-refractivity contribution in [2.24, 2.45) is 0 Å². The number of anilines is 1. The van der Waals surface area contributed by atoms with Crippen molar-refractivity contribution in [3.63, 3.8) is 0 Å². The predicted molar refractivity (Wildman–Crippen MR) is 92.5 cm³/mol. The Labute approximate surface area is 140 Å². The summed E-state index contributed by atoms with van der Waals surface area (Å²) in [5, 5.41) is 4.08. The van der Waals surface area contributed by atoms with Crippen LogP contribution in [0.2, 0.25) is 0 Å². The summed E-state index contributed by atoms with van der Waals surface area (Å²) in [6.45, 7) is 1.43. The van der Waals surface area contributed by atoms with Crippen LogP contribution in [0.3, 0.4) is 0 Å². The number of carbonyl (C=O) groups excluding carboxylic acids is 2. The Bertz CT molecular complexity index is 680. The lowest BCUT2D eigenvalue weighted by Crippen LogP contribution is -2.27. The van der Waals surface area contributed by atoms with Crippen LogP contribution in [-0.4, -0.2) is 30.3 Å². The number of thiophene rings is 1. The van der Waals surface area contributed by atoms with E-state index in [9.17, 15) is 9.59 Å². The minimum atomic E-state index is 0.0983. The van der Waals surface area contributed by atoms with Gasteiger partial charge in [-0.1, -0.05) is 12.1 Å². The topological polar surface area (TPSA) is 40.6 Å². The summed E-state index contributed by atoms with van der Waals surface area (Å²) in [5.41, 5.74) is 3.06. The monoisotopic (exact) mass is 328 g/mol. The van der Waals surface area contributed by atoms with Crippen molar-refractivity contribution in [3.8, 4) is 0 Å². The molecule has 120 valence electrons. The van der Waals surface area contributed by atoms with Gasteiger partial charge in [-0.05, 0) is 46.5 Å². The van der Waals surface area contributed by atoms with E-state index < -0.39 is 0 Å². The number of hydrogen-bond acceptors (Lipinski definition) is 3. The van der Waals surface area contributed by atoms with Crippen molar-refractivity contribution in [1.29, 1.82) is 0 Å². The number of rotatable bonds is 5. The Morgan fingerprint density at radius 2 is 2.00 bits per heavy atom. The first-order valence-corrected chi connectivity index (χ1v) is 8.72. The fourth-order valence-electron chi connectivity index (χ4n) is 2.77. The molecule has 1 aliphatic heterocycles. The Balaban J connectivity index is 1.59. The molecular weight excluding hydrogens is 308 g/mol. The lowest BCUT2D eigenvalue weighted by Gasteiger charge is -2.18. The summed E-state index contributed by atoms with van der Waals surface area (Å²) in [5.74, 6) is 0.283. The molecule has 23 heavy (non-hydrogen) atoms. The normalized spacial score (nSPS) is 14.3. The van der Waals surface area contributed by atoms with E-state index in [-0.39, 0.29) is 11.8 Å². The maximum atomic E-state index is 12.3. The van der Waals surface area contributed by atoms with Crippen molar-refractivity contribution in [2.75, 3.05) is 18.5 Å². The number of benzene rings is 1. The van der Waals surface area contributed by atoms with E-state index in [0.717, 1.165) is 29.8 Å². The van der Waals surface area contributed by atoms with Crippen molar-refractivity contribution in [2.45, 2.75) is 25.8 Å². The molecule has 1 aromatic heterocycles. The van der Waals surface area contributed by atoms with Gasteiger partial charge in [-0.3, -0.25) is 9.59 Å². The van der Waals surface area contributed by atoms with E-state index >= 15 is 0 Å². The first-order chi connectivity index (χ1) is 11.1. The van der Waals surface area contributed by atoms with Gasteiger partial charge in [0.15, 0.2) is 0 Å². The van der Waals surface area contributed by atoms with Gasteiger partial charge in [-0.2, -0.15) is 11.3 Å². The fourth-order valence-corrected chi connectivity index (χ4v) is 3.43. The molecule has 0 aliphatic carbocycles. The fraction of sp³-hybridized carbons (Fsp3) is 0.333. The third-order valence-electron chi connectivity index (χ3n) is 4.10. The number of carbonyl (C=O) groups is 2. The molecule has 0 saturated carbocycles. The second kappa shape index (κ2) is 6.96. The highest BCUT2D eigenvalue weighted by Crippen LogP contribution is 2.22. The molecule has 1 aliphatic rings. The molecule has 2 amide bonds. The van der Waals surface area contributed by atoms with Crippen LogP contribution < -0.4 is 4.90 Å². The van der Waals surface area contributed by atoms with Crippen LogP contribution >= 0.6 is 11.3 Å². The summed E-state index contributed by atoms with van der Waals surface area (Å²) in [7, 11) is 1.83. The summed E-state index contributed by atoms with van der Waals surface area (Å²) in [4.78, 5) is 27.6. The minimum absolute atomic E-state index is 0.0983. The SMILES string of the molecule is CN(Cc1ccsc1)C(=O)Cc1ccc(N2CCCC2=O)cc1. The maximum Gasteiger partial charge on any atom is 0.227 e. The van der Waals surface area contributed by atoms with Gasteiger partial charge >= 0.3 is 0 Å². The molecule has 0 N–H and O–H groups in total. The third kappa shape index (κ3) is 3.79. The molecule has 0 spiro atoms. The number of amides is 2. The quantitative estimate of drug-likeness (QED) is 0.846. The molecular formula is C18H20N2O2S. The third-order valence-corrected chi connectivity index (χ3v) is 4.83. The van der Waals surface area contributed by atoms with Gasteiger partial charge in [0.2, 0.25) is 11.8 Å². The first-order valence-electron chi connectivity index (χ1n) is 7.78. The van der Waals surface area contributed by atoms with E-state index in [2.05, 4.69) is 5.38 Å². The summed E-state index contributed by atoms with van der Waals surface area (Å²) in [6, 6.07) is 9.79. The largest absolute Gasteiger partial charge is 0.341 e. The zero-order valence-corrected chi connectivity index (χ0v) is 14.0. The van der Waals surface area contributed by atoms with Crippen LogP contribution in [0.15, 0.2) is 41.1 Å². The molecule has 0 bridgehead atoms. The number of likely N-dealkylation sites (N-methyl/N-ethyl adjacent to an activating group) is 1. The Kier molecular flexibility index (Phi) is 4.76. The molecule has 0 atom stereocenters. The van der Waals surface area contributed by atoms with E-state index in [1.165, 1.54) is 0 Å². The highest BCUT2D eigenvalue weighted by atomic mass is 32.1. The van der Waals surface area contributed by atoms with Crippen LogP contribution in [0.5, 0.6) is 0 Å². The van der Waals surface area contributed by atoms with Crippen molar-refractivity contribution in [1.82, 2.24) is 4.90 Å². The molecule has 1 fully saturated rings. The molecule has 5 heteroatoms. The zero-order chi connectivity index (χ0) is 16.2. The average molecular weight is 328 g/mol. The Hall–Kier alpha value is -2.14. The average Bonchev–Trinajstić information content (AvgIpc) is 3.19. The second-order valence-corrected chi connectivity index (χ2v) is 6.65. The van der Waals surface area contributed by atoms with Gasteiger partial charge < -0.3 is 9.80 Å². The smallest absolute Gasteiger partial charge is 0.227 e. The molecule has 2 heterocycles. The van der Waals surface area contributed by atoms with E-state index in [0.29, 0.717) is 19.4 Å². The van der Waals surface area contributed by atoms with Crippen LogP contribution in [0.4, 0.5) is 5.69 Å². The highest BCUT2D eigenvalue weighted by Gasteiger charge is 2.21. The van der Waals surface area contributed by atoms with Gasteiger partial charge in [-0.25, -0.2) is 0 Å². The van der Waals surface area contributed by atoms with Gasteiger partial charge in [-0.15, -0.1) is 0 Å². The van der Waals surface area contributed by atoms with Crippen LogP contribution in [0.1, 0.15) is 24.0 Å². The van der Waals surface area contributed by atoms with Gasteiger partial charge in [0, 0.05) is 32.2 Å². The lowest BCUT2D eigenvalue weighted by molar-refractivity contribution is -0.129. The molecule has 1 saturated heterocycles. The first kappa shape index (κ1) is 15.7. The van der Waals surface area contributed by atoms with Gasteiger partial charge in [0.25, 0.3) is 0 Å². The van der Waals surface area contributed by atoms with Crippen LogP contribution in [0, 0.1) is 0 Å². The zero-order valence-electron chi connectivity index (χ0n) is 13.2. The van der Waals surface area contributed by atoms with Gasteiger partial charge in [0.05, 0.1) is 6.42 Å². The number of nitrogens with zero attached hydrogens (tertiary/aromatic N) is 2. The maximum absolute atomic E-state index is 12.3. The highest BCUT2D eigenvalue weighted by molar-refractivity contribution is 7.07.